The van der Waals surface area contributed by atoms with E-state index in [0.29, 0.717) is 40.6 Å². The van der Waals surface area contributed by atoms with Gasteiger partial charge in [-0.15, -0.1) is 11.3 Å². The van der Waals surface area contributed by atoms with E-state index in [4.69, 9.17) is 10.3 Å². The van der Waals surface area contributed by atoms with Gasteiger partial charge in [-0.25, -0.2) is 0 Å². The standard InChI is InChI=1S/C24H19N3O3S/c25-22(28)21-18-12-11-17-13-26-30-20(17)19(18)24(31-21)27(14-15-7-3-1-4-8-15)23(29)16-9-5-2-6-10-16/h1-10,13H,11-12,14H2,(H2,25,28). The summed E-state index contributed by atoms with van der Waals surface area (Å²) in [6, 6.07) is 18.9. The van der Waals surface area contributed by atoms with Crippen LogP contribution in [0.15, 0.2) is 71.4 Å². The molecule has 0 saturated carbocycles. The van der Waals surface area contributed by atoms with Gasteiger partial charge in [0.2, 0.25) is 0 Å². The van der Waals surface area contributed by atoms with Crippen molar-refractivity contribution in [1.29, 1.82) is 0 Å². The van der Waals surface area contributed by atoms with E-state index < -0.39 is 5.91 Å². The van der Waals surface area contributed by atoms with Gasteiger partial charge < -0.3 is 10.3 Å². The highest BCUT2D eigenvalue weighted by atomic mass is 32.1. The lowest BCUT2D eigenvalue weighted by molar-refractivity contribution is 0.0982. The normalized spacial score (nSPS) is 12.1. The number of carbonyl (C=O) groups excluding carboxylic acids is 2. The first-order chi connectivity index (χ1) is 15.1. The second-order valence-corrected chi connectivity index (χ2v) is 8.38. The predicted octanol–water partition coefficient (Wildman–Crippen LogP) is 4.45. The van der Waals surface area contributed by atoms with Crippen LogP contribution in [0.3, 0.4) is 0 Å². The first kappa shape index (κ1) is 19.3. The van der Waals surface area contributed by atoms with Gasteiger partial charge in [0.25, 0.3) is 11.8 Å². The number of fused-ring (bicyclic) bond motifs is 3. The maximum atomic E-state index is 13.6. The van der Waals surface area contributed by atoms with Gasteiger partial charge in [-0.2, -0.15) is 0 Å². The molecule has 0 saturated heterocycles. The van der Waals surface area contributed by atoms with Crippen LogP contribution in [0.5, 0.6) is 0 Å². The minimum absolute atomic E-state index is 0.156. The Labute approximate surface area is 182 Å². The van der Waals surface area contributed by atoms with Crippen LogP contribution in [0, 0.1) is 0 Å². The third-order valence-corrected chi connectivity index (χ3v) is 6.69. The van der Waals surface area contributed by atoms with Crippen molar-refractivity contribution >= 4 is 28.2 Å². The number of anilines is 1. The number of benzene rings is 2. The van der Waals surface area contributed by atoms with Gasteiger partial charge in [-0.05, 0) is 36.1 Å². The van der Waals surface area contributed by atoms with Gasteiger partial charge in [0.05, 0.1) is 23.2 Å². The zero-order chi connectivity index (χ0) is 21.4. The van der Waals surface area contributed by atoms with Crippen LogP contribution < -0.4 is 10.6 Å². The minimum Gasteiger partial charge on any atom is -0.365 e. The van der Waals surface area contributed by atoms with Gasteiger partial charge in [0.1, 0.15) is 5.00 Å². The molecule has 2 aromatic carbocycles. The van der Waals surface area contributed by atoms with Crippen molar-refractivity contribution in [2.24, 2.45) is 5.73 Å². The Bertz CT molecular complexity index is 1260. The molecule has 0 atom stereocenters. The minimum atomic E-state index is -0.498. The van der Waals surface area contributed by atoms with Gasteiger partial charge in [0.15, 0.2) is 5.76 Å². The number of nitrogens with two attached hydrogens (primary N) is 1. The molecule has 6 nitrogen and oxygen atoms in total. The van der Waals surface area contributed by atoms with E-state index in [0.717, 1.165) is 22.3 Å². The summed E-state index contributed by atoms with van der Waals surface area (Å²) >= 11 is 1.24. The van der Waals surface area contributed by atoms with Crippen molar-refractivity contribution < 1.29 is 14.1 Å². The monoisotopic (exact) mass is 429 g/mol. The second kappa shape index (κ2) is 7.85. The molecule has 1 aliphatic rings. The molecule has 0 bridgehead atoms. The van der Waals surface area contributed by atoms with Crippen LogP contribution in [0.25, 0.3) is 11.3 Å². The molecule has 0 aliphatic heterocycles. The maximum absolute atomic E-state index is 13.6. The maximum Gasteiger partial charge on any atom is 0.259 e. The summed E-state index contributed by atoms with van der Waals surface area (Å²) in [4.78, 5) is 28.0. The summed E-state index contributed by atoms with van der Waals surface area (Å²) in [7, 11) is 0. The highest BCUT2D eigenvalue weighted by molar-refractivity contribution is 7.19. The molecule has 31 heavy (non-hydrogen) atoms. The molecule has 7 heteroatoms. The number of hydrogen-bond acceptors (Lipinski definition) is 5. The van der Waals surface area contributed by atoms with Crippen molar-refractivity contribution in [3.8, 4) is 11.3 Å². The quantitative estimate of drug-likeness (QED) is 0.508. The van der Waals surface area contributed by atoms with E-state index in [9.17, 15) is 9.59 Å². The number of thiophene rings is 1. The molecular weight excluding hydrogens is 410 g/mol. The zero-order valence-corrected chi connectivity index (χ0v) is 17.4. The number of primary amides is 1. The van der Waals surface area contributed by atoms with Crippen LogP contribution in [0.2, 0.25) is 0 Å². The molecule has 1 aliphatic carbocycles. The second-order valence-electron chi connectivity index (χ2n) is 7.38. The van der Waals surface area contributed by atoms with Gasteiger partial charge in [-0.3, -0.25) is 14.5 Å². The first-order valence-corrected chi connectivity index (χ1v) is 10.8. The lowest BCUT2D eigenvalue weighted by Gasteiger charge is -2.24. The van der Waals surface area contributed by atoms with Gasteiger partial charge >= 0.3 is 0 Å². The van der Waals surface area contributed by atoms with E-state index in [1.807, 2.05) is 48.5 Å². The Morgan fingerprint density at radius 2 is 1.74 bits per heavy atom. The highest BCUT2D eigenvalue weighted by Crippen LogP contribution is 2.48. The van der Waals surface area contributed by atoms with Gasteiger partial charge in [0, 0.05) is 11.1 Å². The Balaban J connectivity index is 1.70. The van der Waals surface area contributed by atoms with Crippen molar-refractivity contribution in [3.63, 3.8) is 0 Å². The van der Waals surface area contributed by atoms with E-state index in [-0.39, 0.29) is 5.91 Å². The molecule has 2 amide bonds. The molecular formula is C24H19N3O3S. The molecule has 2 N–H and O–H groups in total. The fraction of sp³-hybridized carbons (Fsp3) is 0.125. The number of hydrogen-bond donors (Lipinski definition) is 1. The summed E-state index contributed by atoms with van der Waals surface area (Å²) in [5.41, 5.74) is 9.79. The van der Waals surface area contributed by atoms with Crippen LogP contribution in [-0.2, 0) is 19.4 Å². The fourth-order valence-corrected chi connectivity index (χ4v) is 5.15. The van der Waals surface area contributed by atoms with Crippen LogP contribution in [0.1, 0.15) is 36.7 Å². The van der Waals surface area contributed by atoms with E-state index >= 15 is 0 Å². The Kier molecular flexibility index (Phi) is 4.88. The molecule has 2 heterocycles. The summed E-state index contributed by atoms with van der Waals surface area (Å²) in [5, 5.41) is 4.61. The van der Waals surface area contributed by atoms with Crippen LogP contribution >= 0.6 is 11.3 Å². The Hall–Kier alpha value is -3.71. The first-order valence-electron chi connectivity index (χ1n) is 9.93. The van der Waals surface area contributed by atoms with Crippen LogP contribution in [0.4, 0.5) is 5.00 Å². The Morgan fingerprint density at radius 1 is 1.03 bits per heavy atom. The number of nitrogens with zero attached hydrogens (tertiary/aromatic N) is 2. The zero-order valence-electron chi connectivity index (χ0n) is 16.6. The van der Waals surface area contributed by atoms with Crippen molar-refractivity contribution in [2.75, 3.05) is 4.90 Å². The molecule has 154 valence electrons. The third-order valence-electron chi connectivity index (χ3n) is 5.42. The number of rotatable bonds is 5. The average Bonchev–Trinajstić information content (AvgIpc) is 3.43. The third kappa shape index (κ3) is 3.43. The van der Waals surface area contributed by atoms with E-state index in [1.165, 1.54) is 11.3 Å². The summed E-state index contributed by atoms with van der Waals surface area (Å²) in [6.07, 6.45) is 3.06. The van der Waals surface area contributed by atoms with Crippen LogP contribution in [-0.4, -0.2) is 17.0 Å². The van der Waals surface area contributed by atoms with Gasteiger partial charge in [-0.1, -0.05) is 53.7 Å². The summed E-state index contributed by atoms with van der Waals surface area (Å²) in [6.45, 7) is 0.350. The largest absolute Gasteiger partial charge is 0.365 e. The number of aromatic nitrogens is 1. The van der Waals surface area contributed by atoms with Crippen molar-refractivity contribution in [2.45, 2.75) is 19.4 Å². The molecule has 5 rings (SSSR count). The molecule has 2 aromatic heterocycles. The number of carbonyl (C=O) groups is 2. The van der Waals surface area contributed by atoms with E-state index in [2.05, 4.69) is 5.16 Å². The average molecular weight is 430 g/mol. The number of aryl methyl sites for hydroxylation is 1. The predicted molar refractivity (Wildman–Crippen MR) is 119 cm³/mol. The SMILES string of the molecule is NC(=O)c1sc(N(Cc2ccccc2)C(=O)c2ccccc2)c2c1CCc1cnoc1-2. The fourth-order valence-electron chi connectivity index (χ4n) is 3.96. The van der Waals surface area contributed by atoms with Crippen molar-refractivity contribution in [3.05, 3.63) is 94.0 Å². The Morgan fingerprint density at radius 3 is 2.45 bits per heavy atom. The summed E-state index contributed by atoms with van der Waals surface area (Å²) in [5.74, 6) is -0.0441. The smallest absolute Gasteiger partial charge is 0.259 e. The molecule has 0 unspecified atom stereocenters. The van der Waals surface area contributed by atoms with Crippen molar-refractivity contribution in [1.82, 2.24) is 5.16 Å². The molecule has 0 fully saturated rings. The lowest BCUT2D eigenvalue weighted by Crippen LogP contribution is -2.30. The summed E-state index contributed by atoms with van der Waals surface area (Å²) < 4.78 is 5.57. The van der Waals surface area contributed by atoms with E-state index in [1.54, 1.807) is 23.2 Å². The number of amides is 2. The topological polar surface area (TPSA) is 89.4 Å². The lowest BCUT2D eigenvalue weighted by atomic mass is 9.92. The molecule has 4 aromatic rings. The molecule has 0 spiro atoms. The highest BCUT2D eigenvalue weighted by Gasteiger charge is 2.34. The molecule has 0 radical (unpaired) electrons.